The Morgan fingerprint density at radius 2 is 2.00 bits per heavy atom. The highest BCUT2D eigenvalue weighted by Gasteiger charge is 2.19. The normalized spacial score (nSPS) is 13.6. The second-order valence-corrected chi connectivity index (χ2v) is 7.42. The molecule has 31 heavy (non-hydrogen) atoms. The van der Waals surface area contributed by atoms with E-state index in [2.05, 4.69) is 15.5 Å². The summed E-state index contributed by atoms with van der Waals surface area (Å²) in [5.74, 6) is 1.50. The van der Waals surface area contributed by atoms with Crippen molar-refractivity contribution in [3.63, 3.8) is 0 Å². The summed E-state index contributed by atoms with van der Waals surface area (Å²) >= 11 is 0. The minimum atomic E-state index is -0.387. The van der Waals surface area contributed by atoms with Crippen molar-refractivity contribution in [3.8, 4) is 17.1 Å². The maximum Gasteiger partial charge on any atom is 0.248 e. The summed E-state index contributed by atoms with van der Waals surface area (Å²) in [6, 6.07) is 12.0. The van der Waals surface area contributed by atoms with Crippen LogP contribution in [0, 0.1) is 5.82 Å². The van der Waals surface area contributed by atoms with Gasteiger partial charge in [0.25, 0.3) is 0 Å². The molecule has 0 unspecified atom stereocenters. The lowest BCUT2D eigenvalue weighted by Gasteiger charge is -2.10. The number of hydrogen-bond donors (Lipinski definition) is 1. The second kappa shape index (κ2) is 9.55. The molecule has 7 heteroatoms. The fourth-order valence-electron chi connectivity index (χ4n) is 3.66. The zero-order chi connectivity index (χ0) is 21.6. The number of aryl methyl sites for hydroxylation is 1. The first-order valence-electron chi connectivity index (χ1n) is 10.6. The predicted octanol–water partition coefficient (Wildman–Crippen LogP) is 4.86. The van der Waals surface area contributed by atoms with Crippen molar-refractivity contribution in [1.29, 1.82) is 0 Å². The van der Waals surface area contributed by atoms with Crippen molar-refractivity contribution in [3.05, 3.63) is 65.7 Å². The number of anilines is 1. The quantitative estimate of drug-likeness (QED) is 0.578. The summed E-state index contributed by atoms with van der Waals surface area (Å²) in [6.07, 6.45) is 7.23. The van der Waals surface area contributed by atoms with E-state index in [0.717, 1.165) is 49.4 Å². The van der Waals surface area contributed by atoms with Gasteiger partial charge in [0.1, 0.15) is 17.4 Å². The highest BCUT2D eigenvalue weighted by Crippen LogP contribution is 2.27. The monoisotopic (exact) mass is 420 g/mol. The molecule has 2 heterocycles. The largest absolute Gasteiger partial charge is 0.494 e. The summed E-state index contributed by atoms with van der Waals surface area (Å²) in [5.41, 5.74) is 1.72. The predicted molar refractivity (Wildman–Crippen MR) is 118 cm³/mol. The van der Waals surface area contributed by atoms with E-state index in [4.69, 9.17) is 4.74 Å². The second-order valence-electron chi connectivity index (χ2n) is 7.42. The van der Waals surface area contributed by atoms with Crippen molar-refractivity contribution in [2.45, 2.75) is 39.2 Å². The molecule has 1 aliphatic rings. The molecule has 0 bridgehead atoms. The molecule has 160 valence electrons. The molecule has 6 nitrogen and oxygen atoms in total. The van der Waals surface area contributed by atoms with Crippen LogP contribution in [0.15, 0.2) is 48.5 Å². The van der Waals surface area contributed by atoms with Gasteiger partial charge in [-0.1, -0.05) is 18.6 Å². The molecule has 0 spiro atoms. The van der Waals surface area contributed by atoms with E-state index in [1.54, 1.807) is 18.2 Å². The van der Waals surface area contributed by atoms with Crippen molar-refractivity contribution in [2.24, 2.45) is 0 Å². The zero-order valence-electron chi connectivity index (χ0n) is 17.5. The number of nitrogens with one attached hydrogen (secondary N) is 1. The van der Waals surface area contributed by atoms with Gasteiger partial charge in [-0.2, -0.15) is 0 Å². The maximum atomic E-state index is 14.6. The molecule has 0 saturated carbocycles. The van der Waals surface area contributed by atoms with Crippen LogP contribution < -0.4 is 10.1 Å². The number of amides is 1. The molecule has 0 aliphatic carbocycles. The van der Waals surface area contributed by atoms with Gasteiger partial charge in [-0.3, -0.25) is 4.79 Å². The summed E-state index contributed by atoms with van der Waals surface area (Å²) in [5, 5.41) is 11.3. The number of carbonyl (C=O) groups excluding carboxylic acids is 1. The van der Waals surface area contributed by atoms with E-state index >= 15 is 0 Å². The molecule has 1 aromatic heterocycles. The topological polar surface area (TPSA) is 69.0 Å². The third-order valence-corrected chi connectivity index (χ3v) is 5.20. The first kappa shape index (κ1) is 20.8. The number of ether oxygens (including phenoxy) is 1. The minimum absolute atomic E-state index is 0.300. The van der Waals surface area contributed by atoms with E-state index in [9.17, 15) is 9.18 Å². The average molecular weight is 420 g/mol. The van der Waals surface area contributed by atoms with Crippen LogP contribution in [0.3, 0.4) is 0 Å². The van der Waals surface area contributed by atoms with Crippen molar-refractivity contribution in [1.82, 2.24) is 14.8 Å². The van der Waals surface area contributed by atoms with Gasteiger partial charge in [-0.25, -0.2) is 4.39 Å². The number of hydrogen-bond acceptors (Lipinski definition) is 4. The Hall–Kier alpha value is -3.48. The molecule has 0 fully saturated rings. The van der Waals surface area contributed by atoms with Crippen molar-refractivity contribution < 1.29 is 13.9 Å². The van der Waals surface area contributed by atoms with E-state index in [1.807, 2.05) is 35.8 Å². The number of benzene rings is 2. The summed E-state index contributed by atoms with van der Waals surface area (Å²) < 4.78 is 22.0. The third-order valence-electron chi connectivity index (χ3n) is 5.20. The maximum absolute atomic E-state index is 14.6. The Kier molecular flexibility index (Phi) is 6.40. The fraction of sp³-hybridized carbons (Fsp3) is 0.292. The molecule has 0 atom stereocenters. The minimum Gasteiger partial charge on any atom is -0.494 e. The SMILES string of the molecule is CCOc1ccc(/C=C/C(=O)Nc2ccc(F)c(-c3nnc4n3CCCCC4)c2)cc1. The Bertz CT molecular complexity index is 1090. The number of fused-ring (bicyclic) bond motifs is 1. The van der Waals surface area contributed by atoms with Gasteiger partial charge in [-0.15, -0.1) is 10.2 Å². The average Bonchev–Trinajstić information content (AvgIpc) is 3.02. The number of carbonyl (C=O) groups is 1. The van der Waals surface area contributed by atoms with E-state index in [1.165, 1.54) is 12.1 Å². The Balaban J connectivity index is 1.48. The fourth-order valence-corrected chi connectivity index (χ4v) is 3.66. The molecule has 2 aromatic carbocycles. The molecule has 3 aromatic rings. The van der Waals surface area contributed by atoms with Gasteiger partial charge >= 0.3 is 0 Å². The molecule has 0 saturated heterocycles. The van der Waals surface area contributed by atoms with Gasteiger partial charge < -0.3 is 14.6 Å². The Morgan fingerprint density at radius 1 is 1.16 bits per heavy atom. The van der Waals surface area contributed by atoms with Crippen LogP contribution in [0.2, 0.25) is 0 Å². The smallest absolute Gasteiger partial charge is 0.248 e. The molecule has 1 N–H and O–H groups in total. The van der Waals surface area contributed by atoms with Crippen LogP contribution in [0.5, 0.6) is 5.75 Å². The lowest BCUT2D eigenvalue weighted by Crippen LogP contribution is -2.09. The zero-order valence-corrected chi connectivity index (χ0v) is 17.5. The van der Waals surface area contributed by atoms with Crippen LogP contribution in [0.25, 0.3) is 17.5 Å². The van der Waals surface area contributed by atoms with Crippen molar-refractivity contribution >= 4 is 17.7 Å². The molecule has 4 rings (SSSR count). The van der Waals surface area contributed by atoms with E-state index in [-0.39, 0.29) is 11.7 Å². The van der Waals surface area contributed by atoms with Crippen LogP contribution >= 0.6 is 0 Å². The Morgan fingerprint density at radius 3 is 2.81 bits per heavy atom. The van der Waals surface area contributed by atoms with Crippen LogP contribution in [-0.4, -0.2) is 27.3 Å². The molecule has 1 aliphatic heterocycles. The van der Waals surface area contributed by atoms with Crippen LogP contribution in [0.1, 0.15) is 37.6 Å². The van der Waals surface area contributed by atoms with Gasteiger partial charge in [0.15, 0.2) is 5.82 Å². The summed E-state index contributed by atoms with van der Waals surface area (Å²) in [7, 11) is 0. The number of rotatable bonds is 6. The summed E-state index contributed by atoms with van der Waals surface area (Å²) in [6.45, 7) is 3.31. The molecular formula is C24H25FN4O2. The molecule has 0 radical (unpaired) electrons. The molecule has 1 amide bonds. The lowest BCUT2D eigenvalue weighted by atomic mass is 10.1. The van der Waals surface area contributed by atoms with Gasteiger partial charge in [-0.05, 0) is 61.7 Å². The lowest BCUT2D eigenvalue weighted by molar-refractivity contribution is -0.111. The number of aromatic nitrogens is 3. The van der Waals surface area contributed by atoms with Crippen LogP contribution in [-0.2, 0) is 17.8 Å². The standard InChI is InChI=1S/C24H25FN4O2/c1-2-31-19-11-7-17(8-12-19)9-14-23(30)26-18-10-13-21(25)20(16-18)24-28-27-22-6-4-3-5-15-29(22)24/h7-14,16H,2-6,15H2,1H3,(H,26,30)/b14-9+. The van der Waals surface area contributed by atoms with Gasteiger partial charge in [0, 0.05) is 24.7 Å². The van der Waals surface area contributed by atoms with Crippen LogP contribution in [0.4, 0.5) is 10.1 Å². The number of halogens is 1. The van der Waals surface area contributed by atoms with Gasteiger partial charge in [0.05, 0.1) is 12.2 Å². The highest BCUT2D eigenvalue weighted by molar-refractivity contribution is 6.02. The molecular weight excluding hydrogens is 395 g/mol. The van der Waals surface area contributed by atoms with Gasteiger partial charge in [0.2, 0.25) is 5.91 Å². The van der Waals surface area contributed by atoms with E-state index in [0.29, 0.717) is 23.7 Å². The highest BCUT2D eigenvalue weighted by atomic mass is 19.1. The van der Waals surface area contributed by atoms with Crippen molar-refractivity contribution in [2.75, 3.05) is 11.9 Å². The first-order chi connectivity index (χ1) is 15.1. The van der Waals surface area contributed by atoms with E-state index < -0.39 is 0 Å². The third kappa shape index (κ3) is 4.99. The Labute approximate surface area is 180 Å². The number of nitrogens with zero attached hydrogens (tertiary/aromatic N) is 3. The first-order valence-corrected chi connectivity index (χ1v) is 10.6. The summed E-state index contributed by atoms with van der Waals surface area (Å²) in [4.78, 5) is 12.4.